The molecule has 0 aliphatic heterocycles. The van der Waals surface area contributed by atoms with E-state index in [0.717, 1.165) is 23.5 Å². The van der Waals surface area contributed by atoms with Crippen LogP contribution in [0.1, 0.15) is 31.9 Å². The third kappa shape index (κ3) is 3.00. The molecule has 1 aliphatic rings. The standard InChI is InChI=1S/C15H21NO3/c1-9-7-12(9)15(17)16-10(2)13-8-11(18-3)5-6-14(13)19-4/h5-6,8-10,12H,7H2,1-4H3,(H,16,17). The second-order valence-corrected chi connectivity index (χ2v) is 5.16. The van der Waals surface area contributed by atoms with Crippen molar-refractivity contribution in [1.29, 1.82) is 0 Å². The van der Waals surface area contributed by atoms with E-state index in [1.807, 2.05) is 25.1 Å². The van der Waals surface area contributed by atoms with Gasteiger partial charge in [-0.25, -0.2) is 0 Å². The van der Waals surface area contributed by atoms with E-state index in [-0.39, 0.29) is 17.9 Å². The lowest BCUT2D eigenvalue weighted by Crippen LogP contribution is -2.28. The normalized spacial score (nSPS) is 22.5. The molecule has 4 heteroatoms. The Hall–Kier alpha value is -1.71. The van der Waals surface area contributed by atoms with Crippen LogP contribution in [0.2, 0.25) is 0 Å². The monoisotopic (exact) mass is 263 g/mol. The van der Waals surface area contributed by atoms with Gasteiger partial charge in [0.2, 0.25) is 5.91 Å². The van der Waals surface area contributed by atoms with Crippen LogP contribution in [-0.2, 0) is 4.79 Å². The Morgan fingerprint density at radius 3 is 2.58 bits per heavy atom. The first-order valence-corrected chi connectivity index (χ1v) is 6.59. The summed E-state index contributed by atoms with van der Waals surface area (Å²) < 4.78 is 10.6. The fourth-order valence-electron chi connectivity index (χ4n) is 2.26. The highest BCUT2D eigenvalue weighted by Crippen LogP contribution is 2.38. The molecular weight excluding hydrogens is 242 g/mol. The summed E-state index contributed by atoms with van der Waals surface area (Å²) in [7, 11) is 3.25. The van der Waals surface area contributed by atoms with Crippen molar-refractivity contribution in [3.05, 3.63) is 23.8 Å². The predicted octanol–water partition coefficient (Wildman–Crippen LogP) is 2.54. The summed E-state index contributed by atoms with van der Waals surface area (Å²) in [6.45, 7) is 4.06. The molecule has 3 atom stereocenters. The van der Waals surface area contributed by atoms with Crippen molar-refractivity contribution in [1.82, 2.24) is 5.32 Å². The van der Waals surface area contributed by atoms with Crippen molar-refractivity contribution in [3.8, 4) is 11.5 Å². The van der Waals surface area contributed by atoms with Gasteiger partial charge in [0.25, 0.3) is 0 Å². The number of benzene rings is 1. The lowest BCUT2D eigenvalue weighted by Gasteiger charge is -2.18. The predicted molar refractivity (Wildman–Crippen MR) is 73.4 cm³/mol. The van der Waals surface area contributed by atoms with Crippen molar-refractivity contribution in [2.75, 3.05) is 14.2 Å². The Kier molecular flexibility index (Phi) is 3.98. The summed E-state index contributed by atoms with van der Waals surface area (Å²) in [6, 6.07) is 5.52. The van der Waals surface area contributed by atoms with Crippen molar-refractivity contribution < 1.29 is 14.3 Å². The van der Waals surface area contributed by atoms with E-state index in [2.05, 4.69) is 12.2 Å². The summed E-state index contributed by atoms with van der Waals surface area (Å²) in [6.07, 6.45) is 0.994. The summed E-state index contributed by atoms with van der Waals surface area (Å²) in [4.78, 5) is 12.0. The lowest BCUT2D eigenvalue weighted by molar-refractivity contribution is -0.123. The average molecular weight is 263 g/mol. The van der Waals surface area contributed by atoms with Gasteiger partial charge in [-0.3, -0.25) is 4.79 Å². The summed E-state index contributed by atoms with van der Waals surface area (Å²) in [5.41, 5.74) is 0.934. The SMILES string of the molecule is COc1ccc(OC)c(C(C)NC(=O)C2CC2C)c1. The average Bonchev–Trinajstić information content (AvgIpc) is 3.15. The van der Waals surface area contributed by atoms with Crippen LogP contribution < -0.4 is 14.8 Å². The molecule has 1 saturated carbocycles. The molecule has 1 aromatic carbocycles. The fourth-order valence-corrected chi connectivity index (χ4v) is 2.26. The Bertz CT molecular complexity index is 472. The fraction of sp³-hybridized carbons (Fsp3) is 0.533. The van der Waals surface area contributed by atoms with Gasteiger partial charge in [0.1, 0.15) is 11.5 Å². The third-order valence-corrected chi connectivity index (χ3v) is 3.71. The largest absolute Gasteiger partial charge is 0.497 e. The van der Waals surface area contributed by atoms with Gasteiger partial charge >= 0.3 is 0 Å². The number of amides is 1. The molecule has 0 spiro atoms. The van der Waals surface area contributed by atoms with E-state index in [1.54, 1.807) is 14.2 Å². The van der Waals surface area contributed by atoms with Gasteiger partial charge < -0.3 is 14.8 Å². The molecule has 1 N–H and O–H groups in total. The zero-order valence-corrected chi connectivity index (χ0v) is 11.9. The molecule has 0 aromatic heterocycles. The molecule has 1 amide bonds. The first-order chi connectivity index (χ1) is 9.06. The Balaban J connectivity index is 2.12. The van der Waals surface area contributed by atoms with E-state index in [0.29, 0.717) is 5.92 Å². The Morgan fingerprint density at radius 1 is 1.37 bits per heavy atom. The van der Waals surface area contributed by atoms with Crippen LogP contribution in [0.4, 0.5) is 0 Å². The lowest BCUT2D eigenvalue weighted by atomic mass is 10.1. The maximum atomic E-state index is 12.0. The van der Waals surface area contributed by atoms with Crippen molar-refractivity contribution >= 4 is 5.91 Å². The van der Waals surface area contributed by atoms with Gasteiger partial charge in [0.05, 0.1) is 20.3 Å². The molecule has 3 unspecified atom stereocenters. The van der Waals surface area contributed by atoms with Gasteiger partial charge in [-0.1, -0.05) is 6.92 Å². The van der Waals surface area contributed by atoms with Crippen LogP contribution >= 0.6 is 0 Å². The summed E-state index contributed by atoms with van der Waals surface area (Å²) in [5.74, 6) is 2.34. The molecule has 1 aromatic rings. The number of rotatable bonds is 5. The first-order valence-electron chi connectivity index (χ1n) is 6.59. The molecule has 0 heterocycles. The number of hydrogen-bond acceptors (Lipinski definition) is 3. The molecule has 19 heavy (non-hydrogen) atoms. The number of nitrogens with one attached hydrogen (secondary N) is 1. The Labute approximate surface area is 114 Å². The minimum Gasteiger partial charge on any atom is -0.497 e. The molecule has 1 fully saturated rings. The number of carbonyl (C=O) groups is 1. The summed E-state index contributed by atoms with van der Waals surface area (Å²) in [5, 5.41) is 3.04. The van der Waals surface area contributed by atoms with Gasteiger partial charge in [0, 0.05) is 11.5 Å². The highest BCUT2D eigenvalue weighted by molar-refractivity contribution is 5.81. The van der Waals surface area contributed by atoms with Crippen LogP contribution in [0.3, 0.4) is 0 Å². The number of hydrogen-bond donors (Lipinski definition) is 1. The maximum Gasteiger partial charge on any atom is 0.223 e. The van der Waals surface area contributed by atoms with Crippen molar-refractivity contribution in [3.63, 3.8) is 0 Å². The number of carbonyl (C=O) groups excluding carboxylic acids is 1. The molecule has 0 bridgehead atoms. The molecule has 104 valence electrons. The first kappa shape index (κ1) is 13.7. The van der Waals surface area contributed by atoms with Gasteiger partial charge in [0.15, 0.2) is 0 Å². The second-order valence-electron chi connectivity index (χ2n) is 5.16. The van der Waals surface area contributed by atoms with E-state index in [9.17, 15) is 4.79 Å². The minimum absolute atomic E-state index is 0.0923. The zero-order valence-electron chi connectivity index (χ0n) is 11.9. The van der Waals surface area contributed by atoms with E-state index >= 15 is 0 Å². The van der Waals surface area contributed by atoms with Gasteiger partial charge in [-0.05, 0) is 37.5 Å². The van der Waals surface area contributed by atoms with Gasteiger partial charge in [-0.15, -0.1) is 0 Å². The Morgan fingerprint density at radius 2 is 2.05 bits per heavy atom. The highest BCUT2D eigenvalue weighted by atomic mass is 16.5. The van der Waals surface area contributed by atoms with Crippen molar-refractivity contribution in [2.24, 2.45) is 11.8 Å². The van der Waals surface area contributed by atoms with Crippen molar-refractivity contribution in [2.45, 2.75) is 26.3 Å². The molecule has 1 aliphatic carbocycles. The second kappa shape index (κ2) is 5.51. The molecule has 0 saturated heterocycles. The minimum atomic E-state index is -0.0923. The molecular formula is C15H21NO3. The smallest absolute Gasteiger partial charge is 0.223 e. The van der Waals surface area contributed by atoms with Crippen LogP contribution in [0.15, 0.2) is 18.2 Å². The highest BCUT2D eigenvalue weighted by Gasteiger charge is 2.39. The van der Waals surface area contributed by atoms with Crippen LogP contribution in [-0.4, -0.2) is 20.1 Å². The van der Waals surface area contributed by atoms with Crippen LogP contribution in [0, 0.1) is 11.8 Å². The van der Waals surface area contributed by atoms with Crippen LogP contribution in [0.5, 0.6) is 11.5 Å². The van der Waals surface area contributed by atoms with E-state index in [4.69, 9.17) is 9.47 Å². The molecule has 0 radical (unpaired) electrons. The van der Waals surface area contributed by atoms with Gasteiger partial charge in [-0.2, -0.15) is 0 Å². The summed E-state index contributed by atoms with van der Waals surface area (Å²) >= 11 is 0. The van der Waals surface area contributed by atoms with E-state index < -0.39 is 0 Å². The number of methoxy groups -OCH3 is 2. The maximum absolute atomic E-state index is 12.0. The van der Waals surface area contributed by atoms with E-state index in [1.165, 1.54) is 0 Å². The topological polar surface area (TPSA) is 47.6 Å². The zero-order chi connectivity index (χ0) is 14.0. The third-order valence-electron chi connectivity index (χ3n) is 3.71. The molecule has 4 nitrogen and oxygen atoms in total. The molecule has 2 rings (SSSR count). The quantitative estimate of drug-likeness (QED) is 0.888. The van der Waals surface area contributed by atoms with Crippen LogP contribution in [0.25, 0.3) is 0 Å². The number of ether oxygens (including phenoxy) is 2.